The van der Waals surface area contributed by atoms with Gasteiger partial charge in [0, 0.05) is 33.3 Å². The number of amides is 1. The van der Waals surface area contributed by atoms with Crippen molar-refractivity contribution in [3.8, 4) is 0 Å². The minimum atomic E-state index is -3.73. The highest BCUT2D eigenvalue weighted by molar-refractivity contribution is 7.89. The summed E-state index contributed by atoms with van der Waals surface area (Å²) in [7, 11) is 0.808. The highest BCUT2D eigenvalue weighted by Crippen LogP contribution is 2.25. The summed E-state index contributed by atoms with van der Waals surface area (Å²) in [6, 6.07) is 10.4. The second-order valence-corrected chi connectivity index (χ2v) is 9.05. The Morgan fingerprint density at radius 3 is 2.27 bits per heavy atom. The van der Waals surface area contributed by atoms with Crippen molar-refractivity contribution in [1.82, 2.24) is 9.21 Å². The van der Waals surface area contributed by atoms with Gasteiger partial charge in [-0.25, -0.2) is 12.7 Å². The number of carbonyl (C=O) groups excluding carboxylic acids is 1. The van der Waals surface area contributed by atoms with Gasteiger partial charge in [-0.2, -0.15) is 0 Å². The normalized spacial score (nSPS) is 11.7. The van der Waals surface area contributed by atoms with Crippen LogP contribution in [0.4, 0.5) is 0 Å². The van der Waals surface area contributed by atoms with E-state index < -0.39 is 10.0 Å². The average molecular weight is 395 g/mol. The molecule has 7 heteroatoms. The lowest BCUT2D eigenvalue weighted by Gasteiger charge is -2.20. The molecule has 0 saturated carbocycles. The van der Waals surface area contributed by atoms with Gasteiger partial charge in [0.15, 0.2) is 0 Å². The largest absolute Gasteiger partial charge is 0.337 e. The van der Waals surface area contributed by atoms with Gasteiger partial charge in [0.05, 0.1) is 5.02 Å². The molecule has 0 heterocycles. The van der Waals surface area contributed by atoms with E-state index in [9.17, 15) is 13.2 Å². The molecule has 26 heavy (non-hydrogen) atoms. The lowest BCUT2D eigenvalue weighted by molar-refractivity contribution is 0.0784. The number of rotatable bonds is 5. The van der Waals surface area contributed by atoms with Crippen molar-refractivity contribution >= 4 is 27.5 Å². The van der Waals surface area contributed by atoms with E-state index in [-0.39, 0.29) is 21.4 Å². The van der Waals surface area contributed by atoms with Crippen LogP contribution in [-0.2, 0) is 16.6 Å². The topological polar surface area (TPSA) is 57.7 Å². The van der Waals surface area contributed by atoms with Crippen LogP contribution in [0.1, 0.15) is 27.0 Å². The van der Waals surface area contributed by atoms with Crippen molar-refractivity contribution in [1.29, 1.82) is 0 Å². The molecule has 5 nitrogen and oxygen atoms in total. The predicted molar refractivity (Wildman–Crippen MR) is 104 cm³/mol. The van der Waals surface area contributed by atoms with E-state index in [1.807, 2.05) is 26.0 Å². The van der Waals surface area contributed by atoms with Gasteiger partial charge in [-0.05, 0) is 43.2 Å². The first-order valence-corrected chi connectivity index (χ1v) is 9.89. The third-order valence-electron chi connectivity index (χ3n) is 4.19. The van der Waals surface area contributed by atoms with Gasteiger partial charge < -0.3 is 4.90 Å². The van der Waals surface area contributed by atoms with E-state index in [1.165, 1.54) is 32.3 Å². The van der Waals surface area contributed by atoms with Crippen LogP contribution in [0.2, 0.25) is 5.02 Å². The first kappa shape index (κ1) is 20.4. The van der Waals surface area contributed by atoms with Crippen molar-refractivity contribution in [3.63, 3.8) is 0 Å². The Balaban J connectivity index is 2.32. The van der Waals surface area contributed by atoms with E-state index in [2.05, 4.69) is 6.07 Å². The molecule has 0 aromatic heterocycles. The van der Waals surface area contributed by atoms with Gasteiger partial charge in [-0.3, -0.25) is 4.79 Å². The van der Waals surface area contributed by atoms with Crippen LogP contribution in [0.3, 0.4) is 0 Å². The summed E-state index contributed by atoms with van der Waals surface area (Å²) in [6.07, 6.45) is 0. The number of hydrogen-bond donors (Lipinski definition) is 0. The first-order chi connectivity index (χ1) is 12.0. The van der Waals surface area contributed by atoms with Crippen LogP contribution in [0.25, 0.3) is 0 Å². The number of sulfonamides is 1. The zero-order chi connectivity index (χ0) is 19.6. The molecule has 0 aliphatic carbocycles. The molecule has 140 valence electrons. The molecule has 0 unspecified atom stereocenters. The summed E-state index contributed by atoms with van der Waals surface area (Å²) >= 11 is 6.04. The third kappa shape index (κ3) is 4.26. The number of nitrogens with zero attached hydrogens (tertiary/aromatic N) is 2. The molecule has 0 bridgehead atoms. The molecular weight excluding hydrogens is 372 g/mol. The fraction of sp³-hybridized carbons (Fsp3) is 0.316. The maximum absolute atomic E-state index is 12.8. The Hall–Kier alpha value is -1.89. The minimum absolute atomic E-state index is 0.0741. The van der Waals surface area contributed by atoms with Gasteiger partial charge in [0.2, 0.25) is 10.0 Å². The maximum Gasteiger partial charge on any atom is 0.253 e. The van der Waals surface area contributed by atoms with E-state index in [0.717, 1.165) is 21.0 Å². The summed E-state index contributed by atoms with van der Waals surface area (Å²) in [6.45, 7) is 4.46. The first-order valence-electron chi connectivity index (χ1n) is 8.07. The Morgan fingerprint density at radius 1 is 1.04 bits per heavy atom. The molecule has 0 saturated heterocycles. The number of aryl methyl sites for hydroxylation is 2. The summed E-state index contributed by atoms with van der Waals surface area (Å²) in [4.78, 5) is 14.3. The molecule has 0 spiro atoms. The fourth-order valence-electron chi connectivity index (χ4n) is 2.60. The quantitative estimate of drug-likeness (QED) is 0.780. The average Bonchev–Trinajstić information content (AvgIpc) is 2.56. The molecule has 1 amide bonds. The van der Waals surface area contributed by atoms with Gasteiger partial charge in [-0.1, -0.05) is 35.4 Å². The van der Waals surface area contributed by atoms with Crippen LogP contribution < -0.4 is 0 Å². The van der Waals surface area contributed by atoms with E-state index >= 15 is 0 Å². The molecule has 2 aromatic rings. The molecule has 2 rings (SSSR count). The fourth-order valence-corrected chi connectivity index (χ4v) is 4.00. The standard InChI is InChI=1S/C19H23ClN2O3S/c1-13-6-7-16(14(2)10-13)12-22(5)19(23)15-8-9-17(20)18(11-15)26(24,25)21(3)4/h6-11H,12H2,1-5H3. The zero-order valence-corrected chi connectivity index (χ0v) is 17.1. The van der Waals surface area contributed by atoms with Crippen LogP contribution in [0, 0.1) is 13.8 Å². The van der Waals surface area contributed by atoms with Crippen molar-refractivity contribution in [2.75, 3.05) is 21.1 Å². The Kier molecular flexibility index (Phi) is 6.11. The monoisotopic (exact) mass is 394 g/mol. The van der Waals surface area contributed by atoms with Crippen molar-refractivity contribution in [3.05, 3.63) is 63.7 Å². The van der Waals surface area contributed by atoms with E-state index in [4.69, 9.17) is 11.6 Å². The molecule has 2 aromatic carbocycles. The molecule has 0 radical (unpaired) electrons. The van der Waals surface area contributed by atoms with E-state index in [1.54, 1.807) is 11.9 Å². The van der Waals surface area contributed by atoms with Crippen LogP contribution in [-0.4, -0.2) is 44.7 Å². The van der Waals surface area contributed by atoms with Gasteiger partial charge in [0.1, 0.15) is 4.90 Å². The Morgan fingerprint density at radius 2 is 1.69 bits per heavy atom. The molecular formula is C19H23ClN2O3S. The highest BCUT2D eigenvalue weighted by Gasteiger charge is 2.23. The van der Waals surface area contributed by atoms with Crippen molar-refractivity contribution < 1.29 is 13.2 Å². The molecule has 0 aliphatic heterocycles. The summed E-state index contributed by atoms with van der Waals surface area (Å²) < 4.78 is 25.8. The summed E-state index contributed by atoms with van der Waals surface area (Å²) in [5.74, 6) is -0.267. The van der Waals surface area contributed by atoms with Crippen LogP contribution in [0.15, 0.2) is 41.3 Å². The van der Waals surface area contributed by atoms with E-state index in [0.29, 0.717) is 6.54 Å². The second-order valence-electron chi connectivity index (χ2n) is 6.52. The van der Waals surface area contributed by atoms with Crippen molar-refractivity contribution in [2.45, 2.75) is 25.3 Å². The second kappa shape index (κ2) is 7.78. The number of benzene rings is 2. The minimum Gasteiger partial charge on any atom is -0.337 e. The summed E-state index contributed by atoms with van der Waals surface area (Å²) in [5.41, 5.74) is 3.59. The SMILES string of the molecule is Cc1ccc(CN(C)C(=O)c2ccc(Cl)c(S(=O)(=O)N(C)C)c2)c(C)c1. The third-order valence-corrected chi connectivity index (χ3v) is 6.49. The molecule has 0 N–H and O–H groups in total. The Labute approximate surface area is 160 Å². The zero-order valence-electron chi connectivity index (χ0n) is 15.6. The lowest BCUT2D eigenvalue weighted by atomic mass is 10.1. The lowest BCUT2D eigenvalue weighted by Crippen LogP contribution is -2.27. The van der Waals surface area contributed by atoms with Crippen LogP contribution >= 0.6 is 11.6 Å². The van der Waals surface area contributed by atoms with Gasteiger partial charge in [0.25, 0.3) is 5.91 Å². The number of carbonyl (C=O) groups is 1. The smallest absolute Gasteiger partial charge is 0.253 e. The molecule has 0 fully saturated rings. The van der Waals surface area contributed by atoms with Gasteiger partial charge >= 0.3 is 0 Å². The summed E-state index contributed by atoms with van der Waals surface area (Å²) in [5, 5.41) is 0.0901. The maximum atomic E-state index is 12.8. The number of hydrogen-bond acceptors (Lipinski definition) is 3. The molecule has 0 atom stereocenters. The van der Waals surface area contributed by atoms with Gasteiger partial charge in [-0.15, -0.1) is 0 Å². The highest BCUT2D eigenvalue weighted by atomic mass is 35.5. The van der Waals surface area contributed by atoms with Crippen molar-refractivity contribution in [2.24, 2.45) is 0 Å². The molecule has 0 aliphatic rings. The predicted octanol–water partition coefficient (Wildman–Crippen LogP) is 3.48. The van der Waals surface area contributed by atoms with Crippen LogP contribution in [0.5, 0.6) is 0 Å². The number of halogens is 1. The Bertz CT molecular complexity index is 940.